The zero-order chi connectivity index (χ0) is 13.2. The summed E-state index contributed by atoms with van der Waals surface area (Å²) in [5, 5.41) is 0. The molecule has 0 radical (unpaired) electrons. The van der Waals surface area contributed by atoms with Crippen molar-refractivity contribution in [2.75, 3.05) is 11.5 Å². The number of hydrogen-bond donors (Lipinski definition) is 2. The molecular formula is C13H20N2O2S. The minimum Gasteiger partial charge on any atom is -0.399 e. The molecule has 2 rings (SSSR count). The summed E-state index contributed by atoms with van der Waals surface area (Å²) in [5.41, 5.74) is 8.37. The fraction of sp³-hybridized carbons (Fsp3) is 0.538. The number of hydrogen-bond acceptors (Lipinski definition) is 3. The third-order valence-corrected chi connectivity index (χ3v) is 4.82. The second kappa shape index (κ2) is 5.28. The number of rotatable bonds is 6. The number of nitrogen functional groups attached to an aromatic ring is 1. The van der Waals surface area contributed by atoms with Gasteiger partial charge >= 0.3 is 0 Å². The third kappa shape index (κ3) is 3.71. The Hall–Kier alpha value is -1.07. The Morgan fingerprint density at radius 3 is 2.78 bits per heavy atom. The molecule has 0 unspecified atom stereocenters. The van der Waals surface area contributed by atoms with E-state index < -0.39 is 10.0 Å². The average Bonchev–Trinajstić information content (AvgIpc) is 3.13. The van der Waals surface area contributed by atoms with Crippen molar-refractivity contribution >= 4 is 15.7 Å². The van der Waals surface area contributed by atoms with Crippen molar-refractivity contribution in [2.45, 2.75) is 32.7 Å². The highest BCUT2D eigenvalue weighted by Crippen LogP contribution is 2.32. The first kappa shape index (κ1) is 13.4. The average molecular weight is 268 g/mol. The van der Waals surface area contributed by atoms with Gasteiger partial charge in [-0.2, -0.15) is 0 Å². The summed E-state index contributed by atoms with van der Waals surface area (Å²) in [6.45, 7) is 2.23. The molecule has 0 amide bonds. The standard InChI is InChI=1S/C13H20N2O2S/c1-10-12(3-2-4-13(10)14)9-15-18(16,17)8-7-11-5-6-11/h2-4,11,15H,5-9,14H2,1H3. The van der Waals surface area contributed by atoms with Gasteiger partial charge in [0.2, 0.25) is 10.0 Å². The van der Waals surface area contributed by atoms with Crippen LogP contribution in [0.1, 0.15) is 30.4 Å². The zero-order valence-electron chi connectivity index (χ0n) is 10.6. The minimum absolute atomic E-state index is 0.235. The monoisotopic (exact) mass is 268 g/mol. The highest BCUT2D eigenvalue weighted by atomic mass is 32.2. The summed E-state index contributed by atoms with van der Waals surface area (Å²) in [6, 6.07) is 5.56. The molecule has 0 saturated heterocycles. The topological polar surface area (TPSA) is 72.2 Å². The van der Waals surface area contributed by atoms with E-state index in [1.165, 1.54) is 12.8 Å². The Morgan fingerprint density at radius 1 is 1.39 bits per heavy atom. The third-order valence-electron chi connectivity index (χ3n) is 3.46. The normalized spacial score (nSPS) is 15.8. The fourth-order valence-corrected chi connectivity index (χ4v) is 3.05. The molecule has 0 heterocycles. The van der Waals surface area contributed by atoms with Crippen molar-refractivity contribution in [1.29, 1.82) is 0 Å². The van der Waals surface area contributed by atoms with E-state index >= 15 is 0 Å². The lowest BCUT2D eigenvalue weighted by Gasteiger charge is -2.10. The molecule has 0 spiro atoms. The molecule has 0 aromatic heterocycles. The van der Waals surface area contributed by atoms with E-state index in [1.54, 1.807) is 0 Å². The molecule has 5 heteroatoms. The molecule has 0 atom stereocenters. The fourth-order valence-electron chi connectivity index (χ4n) is 1.88. The molecule has 100 valence electrons. The number of nitrogens with one attached hydrogen (secondary N) is 1. The highest BCUT2D eigenvalue weighted by Gasteiger charge is 2.23. The number of benzene rings is 1. The molecule has 1 aromatic rings. The lowest BCUT2D eigenvalue weighted by molar-refractivity contribution is 0.575. The maximum absolute atomic E-state index is 11.8. The number of nitrogens with two attached hydrogens (primary N) is 1. The van der Waals surface area contributed by atoms with E-state index in [1.807, 2.05) is 25.1 Å². The molecule has 0 aliphatic heterocycles. The first-order valence-electron chi connectivity index (χ1n) is 6.29. The summed E-state index contributed by atoms with van der Waals surface area (Å²) < 4.78 is 26.2. The van der Waals surface area contributed by atoms with Gasteiger partial charge in [0.25, 0.3) is 0 Å². The smallest absolute Gasteiger partial charge is 0.211 e. The molecule has 18 heavy (non-hydrogen) atoms. The van der Waals surface area contributed by atoms with Crippen molar-refractivity contribution in [3.05, 3.63) is 29.3 Å². The van der Waals surface area contributed by atoms with Crippen LogP contribution in [0.15, 0.2) is 18.2 Å². The second-order valence-electron chi connectivity index (χ2n) is 5.00. The minimum atomic E-state index is -3.16. The quantitative estimate of drug-likeness (QED) is 0.773. The van der Waals surface area contributed by atoms with Gasteiger partial charge in [-0.25, -0.2) is 13.1 Å². The van der Waals surface area contributed by atoms with Crippen LogP contribution in [0.5, 0.6) is 0 Å². The summed E-state index contributed by atoms with van der Waals surface area (Å²) in [7, 11) is -3.16. The zero-order valence-corrected chi connectivity index (χ0v) is 11.5. The van der Waals surface area contributed by atoms with E-state index in [4.69, 9.17) is 5.73 Å². The Bertz CT molecular complexity index is 522. The number of sulfonamides is 1. The predicted molar refractivity (Wildman–Crippen MR) is 73.6 cm³/mol. The molecule has 3 N–H and O–H groups in total. The Balaban J connectivity index is 1.91. The first-order chi connectivity index (χ1) is 8.48. The summed E-state index contributed by atoms with van der Waals surface area (Å²) in [4.78, 5) is 0. The Labute approximate surface area is 109 Å². The van der Waals surface area contributed by atoms with Crippen LogP contribution in [-0.2, 0) is 16.6 Å². The van der Waals surface area contributed by atoms with Crippen molar-refractivity contribution in [2.24, 2.45) is 5.92 Å². The van der Waals surface area contributed by atoms with Crippen molar-refractivity contribution in [3.8, 4) is 0 Å². The maximum atomic E-state index is 11.8. The first-order valence-corrected chi connectivity index (χ1v) is 7.94. The molecule has 0 bridgehead atoms. The van der Waals surface area contributed by atoms with Gasteiger partial charge in [0.15, 0.2) is 0 Å². The highest BCUT2D eigenvalue weighted by molar-refractivity contribution is 7.89. The van der Waals surface area contributed by atoms with Gasteiger partial charge in [0.1, 0.15) is 0 Å². The van der Waals surface area contributed by atoms with Crippen LogP contribution in [0, 0.1) is 12.8 Å². The molecule has 4 nitrogen and oxygen atoms in total. The lowest BCUT2D eigenvalue weighted by atomic mass is 10.1. The molecule has 1 aromatic carbocycles. The second-order valence-corrected chi connectivity index (χ2v) is 6.93. The summed E-state index contributed by atoms with van der Waals surface area (Å²) >= 11 is 0. The predicted octanol–water partition coefficient (Wildman–Crippen LogP) is 1.80. The molecular weight excluding hydrogens is 248 g/mol. The van der Waals surface area contributed by atoms with Crippen LogP contribution < -0.4 is 10.5 Å². The molecule has 1 aliphatic carbocycles. The maximum Gasteiger partial charge on any atom is 0.211 e. The van der Waals surface area contributed by atoms with Gasteiger partial charge in [-0.3, -0.25) is 0 Å². The van der Waals surface area contributed by atoms with E-state index in [0.717, 1.165) is 17.5 Å². The van der Waals surface area contributed by atoms with Crippen LogP contribution in [0.3, 0.4) is 0 Å². The van der Waals surface area contributed by atoms with Gasteiger partial charge in [0.05, 0.1) is 5.75 Å². The van der Waals surface area contributed by atoms with Crippen molar-refractivity contribution in [1.82, 2.24) is 4.72 Å². The lowest BCUT2D eigenvalue weighted by Crippen LogP contribution is -2.26. The van der Waals surface area contributed by atoms with E-state index in [2.05, 4.69) is 4.72 Å². The molecule has 1 fully saturated rings. The van der Waals surface area contributed by atoms with Crippen LogP contribution >= 0.6 is 0 Å². The Morgan fingerprint density at radius 2 is 2.11 bits per heavy atom. The van der Waals surface area contributed by atoms with E-state index in [0.29, 0.717) is 18.2 Å². The van der Waals surface area contributed by atoms with Gasteiger partial charge in [-0.1, -0.05) is 25.0 Å². The van der Waals surface area contributed by atoms with Gasteiger partial charge in [-0.15, -0.1) is 0 Å². The van der Waals surface area contributed by atoms with Gasteiger partial charge in [0, 0.05) is 12.2 Å². The van der Waals surface area contributed by atoms with Crippen molar-refractivity contribution in [3.63, 3.8) is 0 Å². The van der Waals surface area contributed by atoms with E-state index in [9.17, 15) is 8.42 Å². The Kier molecular flexibility index (Phi) is 3.92. The summed E-state index contributed by atoms with van der Waals surface area (Å²) in [6.07, 6.45) is 3.15. The SMILES string of the molecule is Cc1c(N)cccc1CNS(=O)(=O)CCC1CC1. The molecule has 1 saturated carbocycles. The largest absolute Gasteiger partial charge is 0.399 e. The van der Waals surface area contributed by atoms with Gasteiger partial charge in [-0.05, 0) is 36.5 Å². The number of anilines is 1. The van der Waals surface area contributed by atoms with Crippen LogP contribution in [-0.4, -0.2) is 14.2 Å². The van der Waals surface area contributed by atoms with Gasteiger partial charge < -0.3 is 5.73 Å². The molecule has 1 aliphatic rings. The summed E-state index contributed by atoms with van der Waals surface area (Å²) in [5.74, 6) is 0.870. The van der Waals surface area contributed by atoms with Crippen LogP contribution in [0.25, 0.3) is 0 Å². The van der Waals surface area contributed by atoms with Crippen molar-refractivity contribution < 1.29 is 8.42 Å². The van der Waals surface area contributed by atoms with E-state index in [-0.39, 0.29) is 5.75 Å². The van der Waals surface area contributed by atoms with Crippen LogP contribution in [0.4, 0.5) is 5.69 Å². The van der Waals surface area contributed by atoms with Crippen LogP contribution in [0.2, 0.25) is 0 Å².